The number of rotatable bonds is 4. The average molecular weight is 432 g/mol. The molecule has 0 unspecified atom stereocenters. The highest BCUT2D eigenvalue weighted by molar-refractivity contribution is 6.01. The maximum absolute atomic E-state index is 13.5. The number of nitrogens with one attached hydrogen (secondary N) is 1. The molecule has 2 N–H and O–H groups in total. The number of carbonyl (C=O) groups is 1. The maximum atomic E-state index is 13.5. The van der Waals surface area contributed by atoms with E-state index in [0.717, 1.165) is 28.1 Å². The standard InChI is InChI=1S/C25H24N2O5/c1-13-22-23(14-8-9-20(30-2)21(12-14)31-3)24-17(26-25(22)32-27-13)10-15(11-19(24)29)16-6-4-5-7-18(16)28/h4-9,12,15,23,26,28H,10-11H2,1-3H3/t15-,23+/m0/s1. The van der Waals surface area contributed by atoms with E-state index in [2.05, 4.69) is 10.5 Å². The molecule has 0 amide bonds. The number of benzene rings is 2. The van der Waals surface area contributed by atoms with Crippen LogP contribution in [0.4, 0.5) is 5.88 Å². The molecule has 7 heteroatoms. The lowest BCUT2D eigenvalue weighted by molar-refractivity contribution is -0.116. The van der Waals surface area contributed by atoms with Crippen LogP contribution in [0.25, 0.3) is 0 Å². The van der Waals surface area contributed by atoms with Crippen LogP contribution in [0.15, 0.2) is 58.3 Å². The van der Waals surface area contributed by atoms with Gasteiger partial charge in [0, 0.05) is 29.5 Å². The number of phenolic OH excluding ortho intramolecular Hbond substituents is 1. The highest BCUT2D eigenvalue weighted by Gasteiger charge is 2.41. The van der Waals surface area contributed by atoms with Crippen LogP contribution in [0.1, 0.15) is 47.1 Å². The van der Waals surface area contributed by atoms with Crippen molar-refractivity contribution >= 4 is 11.7 Å². The first-order chi connectivity index (χ1) is 15.5. The van der Waals surface area contributed by atoms with Crippen molar-refractivity contribution in [2.45, 2.75) is 31.6 Å². The van der Waals surface area contributed by atoms with Gasteiger partial charge in [-0.3, -0.25) is 4.79 Å². The molecule has 164 valence electrons. The molecular weight excluding hydrogens is 408 g/mol. The summed E-state index contributed by atoms with van der Waals surface area (Å²) in [5.41, 5.74) is 4.77. The van der Waals surface area contributed by atoms with E-state index in [9.17, 15) is 9.90 Å². The normalized spacial score (nSPS) is 19.8. The molecule has 2 aliphatic rings. The van der Waals surface area contributed by atoms with Gasteiger partial charge in [-0.25, -0.2) is 0 Å². The van der Waals surface area contributed by atoms with Crippen LogP contribution in [-0.2, 0) is 4.79 Å². The Morgan fingerprint density at radius 3 is 2.62 bits per heavy atom. The SMILES string of the molecule is COc1ccc([C@H]2C3=C(C[C@H](c4ccccc4O)CC3=O)Nc3onc(C)c32)cc1OC. The van der Waals surface area contributed by atoms with Crippen LogP contribution in [0.5, 0.6) is 17.2 Å². The Labute approximate surface area is 185 Å². The van der Waals surface area contributed by atoms with Gasteiger partial charge in [-0.2, -0.15) is 0 Å². The summed E-state index contributed by atoms with van der Waals surface area (Å²) in [6.45, 7) is 1.88. The molecule has 7 nitrogen and oxygen atoms in total. The summed E-state index contributed by atoms with van der Waals surface area (Å²) in [4.78, 5) is 13.5. The third kappa shape index (κ3) is 3.12. The molecule has 0 spiro atoms. The fraction of sp³-hybridized carbons (Fsp3) is 0.280. The van der Waals surface area contributed by atoms with Gasteiger partial charge in [-0.1, -0.05) is 29.4 Å². The summed E-state index contributed by atoms with van der Waals surface area (Å²) in [5.74, 6) is 1.56. The van der Waals surface area contributed by atoms with E-state index in [1.807, 2.05) is 37.3 Å². The molecule has 32 heavy (non-hydrogen) atoms. The summed E-state index contributed by atoms with van der Waals surface area (Å²) < 4.78 is 16.5. The Hall–Kier alpha value is -3.74. The molecule has 1 aliphatic carbocycles. The Balaban J connectivity index is 1.64. The van der Waals surface area contributed by atoms with E-state index in [4.69, 9.17) is 14.0 Å². The first-order valence-corrected chi connectivity index (χ1v) is 10.5. The van der Waals surface area contributed by atoms with Gasteiger partial charge in [0.15, 0.2) is 17.3 Å². The van der Waals surface area contributed by atoms with E-state index in [1.54, 1.807) is 26.4 Å². The maximum Gasteiger partial charge on any atom is 0.233 e. The molecule has 0 fully saturated rings. The topological polar surface area (TPSA) is 93.8 Å². The Kier molecular flexibility index (Phi) is 4.89. The molecular formula is C25H24N2O5. The largest absolute Gasteiger partial charge is 0.508 e. The van der Waals surface area contributed by atoms with Crippen LogP contribution in [0.3, 0.4) is 0 Å². The summed E-state index contributed by atoms with van der Waals surface area (Å²) in [5, 5.41) is 17.8. The minimum atomic E-state index is -0.329. The van der Waals surface area contributed by atoms with Crippen molar-refractivity contribution in [3.05, 3.63) is 76.1 Å². The van der Waals surface area contributed by atoms with E-state index in [-0.39, 0.29) is 23.4 Å². The number of aromatic nitrogens is 1. The molecule has 2 aromatic carbocycles. The lowest BCUT2D eigenvalue weighted by Gasteiger charge is -2.34. The van der Waals surface area contributed by atoms with E-state index in [0.29, 0.717) is 35.8 Å². The van der Waals surface area contributed by atoms with Crippen LogP contribution in [0, 0.1) is 6.92 Å². The molecule has 0 bridgehead atoms. The number of hydrogen-bond acceptors (Lipinski definition) is 7. The number of ketones is 1. The third-order valence-corrected chi connectivity index (χ3v) is 6.38. The summed E-state index contributed by atoms with van der Waals surface area (Å²) >= 11 is 0. The number of Topliss-reactive ketones (excluding diaryl/α,β-unsaturated/α-hetero) is 1. The molecule has 5 rings (SSSR count). The monoisotopic (exact) mass is 432 g/mol. The van der Waals surface area contributed by atoms with Crippen molar-refractivity contribution in [3.8, 4) is 17.2 Å². The Bertz CT molecular complexity index is 1240. The molecule has 0 saturated carbocycles. The number of para-hydroxylation sites is 1. The first kappa shape index (κ1) is 20.2. The van der Waals surface area contributed by atoms with Gasteiger partial charge >= 0.3 is 0 Å². The molecule has 3 aromatic rings. The Morgan fingerprint density at radius 1 is 1.09 bits per heavy atom. The number of anilines is 1. The van der Waals surface area contributed by atoms with Crippen molar-refractivity contribution in [3.63, 3.8) is 0 Å². The zero-order chi connectivity index (χ0) is 22.4. The average Bonchev–Trinajstić information content (AvgIpc) is 3.17. The number of ether oxygens (including phenoxy) is 2. The second kappa shape index (κ2) is 7.75. The lowest BCUT2D eigenvalue weighted by Crippen LogP contribution is -2.29. The Morgan fingerprint density at radius 2 is 1.88 bits per heavy atom. The highest BCUT2D eigenvalue weighted by atomic mass is 16.5. The number of nitrogens with zero attached hydrogens (tertiary/aromatic N) is 1. The number of aromatic hydroxyl groups is 1. The van der Waals surface area contributed by atoms with Crippen LogP contribution in [0.2, 0.25) is 0 Å². The molecule has 2 heterocycles. The van der Waals surface area contributed by atoms with Crippen molar-refractivity contribution in [1.82, 2.24) is 5.16 Å². The van der Waals surface area contributed by atoms with Crippen LogP contribution >= 0.6 is 0 Å². The van der Waals surface area contributed by atoms with E-state index in [1.165, 1.54) is 0 Å². The van der Waals surface area contributed by atoms with Crippen molar-refractivity contribution in [2.75, 3.05) is 19.5 Å². The first-order valence-electron chi connectivity index (χ1n) is 10.5. The quantitative estimate of drug-likeness (QED) is 0.619. The minimum Gasteiger partial charge on any atom is -0.508 e. The molecule has 0 radical (unpaired) electrons. The highest BCUT2D eigenvalue weighted by Crippen LogP contribution is 2.50. The van der Waals surface area contributed by atoms with Crippen LogP contribution < -0.4 is 14.8 Å². The predicted octanol–water partition coefficient (Wildman–Crippen LogP) is 4.66. The molecule has 0 saturated heterocycles. The smallest absolute Gasteiger partial charge is 0.233 e. The zero-order valence-electron chi connectivity index (χ0n) is 18.1. The van der Waals surface area contributed by atoms with E-state index < -0.39 is 0 Å². The minimum absolute atomic E-state index is 0.0398. The fourth-order valence-electron chi connectivity index (χ4n) is 4.89. The van der Waals surface area contributed by atoms with Gasteiger partial charge in [0.2, 0.25) is 5.88 Å². The number of carbonyl (C=O) groups excluding carboxylic acids is 1. The van der Waals surface area contributed by atoms with Crippen LogP contribution in [-0.4, -0.2) is 30.3 Å². The van der Waals surface area contributed by atoms with Gasteiger partial charge < -0.3 is 24.4 Å². The van der Waals surface area contributed by atoms with Crippen molar-refractivity contribution in [2.24, 2.45) is 0 Å². The van der Waals surface area contributed by atoms with Crippen molar-refractivity contribution in [1.29, 1.82) is 0 Å². The van der Waals surface area contributed by atoms with Gasteiger partial charge in [0.1, 0.15) is 5.75 Å². The molecule has 2 atom stereocenters. The fourth-order valence-corrected chi connectivity index (χ4v) is 4.89. The third-order valence-electron chi connectivity index (χ3n) is 6.38. The molecule has 1 aromatic heterocycles. The number of methoxy groups -OCH3 is 2. The lowest BCUT2D eigenvalue weighted by atomic mass is 9.72. The van der Waals surface area contributed by atoms with Gasteiger partial charge in [-0.15, -0.1) is 0 Å². The second-order valence-electron chi connectivity index (χ2n) is 8.16. The summed E-state index contributed by atoms with van der Waals surface area (Å²) in [7, 11) is 3.18. The number of aryl methyl sites for hydroxylation is 1. The van der Waals surface area contributed by atoms with E-state index >= 15 is 0 Å². The summed E-state index contributed by atoms with van der Waals surface area (Å²) in [6, 6.07) is 12.9. The predicted molar refractivity (Wildman–Crippen MR) is 118 cm³/mol. The second-order valence-corrected chi connectivity index (χ2v) is 8.16. The van der Waals surface area contributed by atoms with Gasteiger partial charge in [0.05, 0.1) is 25.5 Å². The summed E-state index contributed by atoms with van der Waals surface area (Å²) in [6.07, 6.45) is 0.906. The number of allylic oxidation sites excluding steroid dienone is 2. The zero-order valence-corrected chi connectivity index (χ0v) is 18.1. The number of hydrogen-bond donors (Lipinski definition) is 2. The van der Waals surface area contributed by atoms with Crippen molar-refractivity contribution < 1.29 is 23.9 Å². The molecule has 1 aliphatic heterocycles. The number of fused-ring (bicyclic) bond motifs is 1. The van der Waals surface area contributed by atoms with Gasteiger partial charge in [-0.05, 0) is 42.7 Å². The number of phenols is 1. The van der Waals surface area contributed by atoms with Gasteiger partial charge in [0.25, 0.3) is 0 Å².